The summed E-state index contributed by atoms with van der Waals surface area (Å²) in [6.07, 6.45) is 1.57. The minimum Gasteiger partial charge on any atom is -0.459 e. The van der Waals surface area contributed by atoms with E-state index in [4.69, 9.17) is 4.74 Å². The van der Waals surface area contributed by atoms with Gasteiger partial charge in [-0.05, 0) is 53.5 Å². The fraction of sp³-hybridized carbons (Fsp3) is 0.250. The largest absolute Gasteiger partial charge is 0.459 e. The van der Waals surface area contributed by atoms with Gasteiger partial charge < -0.3 is 9.30 Å². The molecule has 0 atom stereocenters. The highest BCUT2D eigenvalue weighted by molar-refractivity contribution is 9.10. The fourth-order valence-electron chi connectivity index (χ4n) is 1.90. The summed E-state index contributed by atoms with van der Waals surface area (Å²) < 4.78 is 7.58. The van der Waals surface area contributed by atoms with Crippen molar-refractivity contribution in [1.29, 1.82) is 0 Å². The number of hydrogen-bond donors (Lipinski definition) is 0. The van der Waals surface area contributed by atoms with E-state index < -0.39 is 0 Å². The van der Waals surface area contributed by atoms with Gasteiger partial charge in [-0.25, -0.2) is 4.79 Å². The van der Waals surface area contributed by atoms with Gasteiger partial charge in [-0.2, -0.15) is 0 Å². The average Bonchev–Trinajstić information content (AvgIpc) is 2.42. The number of carbonyl (C=O) groups excluding carboxylic acids is 1. The van der Waals surface area contributed by atoms with Crippen LogP contribution in [-0.4, -0.2) is 16.6 Å². The van der Waals surface area contributed by atoms with E-state index >= 15 is 0 Å². The van der Waals surface area contributed by atoms with E-state index in [1.807, 2.05) is 19.9 Å². The predicted molar refractivity (Wildman–Crippen MR) is 84.5 cm³/mol. The van der Waals surface area contributed by atoms with Gasteiger partial charge in [0, 0.05) is 16.7 Å². The summed E-state index contributed by atoms with van der Waals surface area (Å²) in [7, 11) is 0. The molecule has 5 heteroatoms. The molecule has 2 rings (SSSR count). The summed E-state index contributed by atoms with van der Waals surface area (Å²) in [5, 5.41) is 0. The molecule has 0 N–H and O–H groups in total. The Labute approximate surface area is 131 Å². The molecule has 0 radical (unpaired) electrons. The zero-order valence-corrected chi connectivity index (χ0v) is 13.5. The highest BCUT2D eigenvalue weighted by atomic mass is 79.9. The second-order valence-electron chi connectivity index (χ2n) is 4.97. The highest BCUT2D eigenvalue weighted by Gasteiger charge is 2.10. The van der Waals surface area contributed by atoms with Crippen molar-refractivity contribution >= 4 is 21.9 Å². The number of nitrogens with zero attached hydrogens (tertiary/aromatic N) is 1. The molecule has 0 bridgehead atoms. The van der Waals surface area contributed by atoms with Gasteiger partial charge in [-0.1, -0.05) is 12.1 Å². The van der Waals surface area contributed by atoms with E-state index in [1.54, 1.807) is 35.0 Å². The first-order valence-electron chi connectivity index (χ1n) is 6.61. The first-order valence-corrected chi connectivity index (χ1v) is 7.41. The van der Waals surface area contributed by atoms with E-state index in [0.29, 0.717) is 12.1 Å². The van der Waals surface area contributed by atoms with Gasteiger partial charge in [0.25, 0.3) is 5.56 Å². The van der Waals surface area contributed by atoms with Crippen molar-refractivity contribution in [3.8, 4) is 0 Å². The summed E-state index contributed by atoms with van der Waals surface area (Å²) in [5.74, 6) is -0.353. The number of benzene rings is 1. The van der Waals surface area contributed by atoms with Crippen LogP contribution in [0, 0.1) is 0 Å². The second kappa shape index (κ2) is 6.72. The van der Waals surface area contributed by atoms with Crippen LogP contribution in [0.3, 0.4) is 0 Å². The lowest BCUT2D eigenvalue weighted by Crippen LogP contribution is -2.19. The molecule has 1 aromatic heterocycles. The van der Waals surface area contributed by atoms with E-state index in [9.17, 15) is 9.59 Å². The normalized spacial score (nSPS) is 10.7. The van der Waals surface area contributed by atoms with Crippen LogP contribution in [0.5, 0.6) is 0 Å². The Morgan fingerprint density at radius 2 is 2.05 bits per heavy atom. The molecule has 1 aromatic carbocycles. The quantitative estimate of drug-likeness (QED) is 0.796. The van der Waals surface area contributed by atoms with Crippen LogP contribution in [0.2, 0.25) is 0 Å². The van der Waals surface area contributed by atoms with E-state index in [2.05, 4.69) is 15.9 Å². The monoisotopic (exact) mass is 349 g/mol. The Morgan fingerprint density at radius 1 is 1.29 bits per heavy atom. The molecule has 0 aliphatic carbocycles. The number of ether oxygens (including phenoxy) is 1. The summed E-state index contributed by atoms with van der Waals surface area (Å²) in [4.78, 5) is 23.7. The predicted octanol–water partition coefficient (Wildman–Crippen LogP) is 3.22. The number of aromatic nitrogens is 1. The number of carbonyl (C=O) groups is 1. The molecule has 0 amide bonds. The molecule has 0 fully saturated rings. The topological polar surface area (TPSA) is 48.3 Å². The third-order valence-corrected chi connectivity index (χ3v) is 3.27. The minimum atomic E-state index is -0.353. The molecule has 0 spiro atoms. The van der Waals surface area contributed by atoms with E-state index in [1.165, 1.54) is 6.07 Å². The summed E-state index contributed by atoms with van der Waals surface area (Å²) in [6.45, 7) is 4.02. The Bertz CT molecular complexity index is 707. The lowest BCUT2D eigenvalue weighted by atomic mass is 10.1. The third kappa shape index (κ3) is 4.29. The molecule has 4 nitrogen and oxygen atoms in total. The highest BCUT2D eigenvalue weighted by Crippen LogP contribution is 2.11. The summed E-state index contributed by atoms with van der Waals surface area (Å²) in [5.41, 5.74) is 1.27. The van der Waals surface area contributed by atoms with Gasteiger partial charge >= 0.3 is 5.97 Å². The van der Waals surface area contributed by atoms with Crippen molar-refractivity contribution in [3.05, 3.63) is 68.5 Å². The molecule has 0 saturated heterocycles. The molecule has 1 heterocycles. The number of hydrogen-bond acceptors (Lipinski definition) is 3. The molecule has 0 saturated carbocycles. The first kappa shape index (κ1) is 15.5. The average molecular weight is 350 g/mol. The summed E-state index contributed by atoms with van der Waals surface area (Å²) in [6, 6.07) is 10.3. The second-order valence-corrected chi connectivity index (χ2v) is 5.88. The fourth-order valence-corrected chi connectivity index (χ4v) is 2.28. The number of esters is 1. The zero-order chi connectivity index (χ0) is 15.4. The Morgan fingerprint density at radius 3 is 2.76 bits per heavy atom. The van der Waals surface area contributed by atoms with Crippen LogP contribution in [0.4, 0.5) is 0 Å². The SMILES string of the molecule is CC(C)OC(=O)c1cccc(Cn2cc(Br)ccc2=O)c1. The smallest absolute Gasteiger partial charge is 0.338 e. The van der Waals surface area contributed by atoms with Gasteiger partial charge in [0.15, 0.2) is 0 Å². The minimum absolute atomic E-state index is 0.0895. The third-order valence-electron chi connectivity index (χ3n) is 2.81. The van der Waals surface area contributed by atoms with Gasteiger partial charge in [0.2, 0.25) is 0 Å². The van der Waals surface area contributed by atoms with Crippen molar-refractivity contribution in [2.45, 2.75) is 26.5 Å². The van der Waals surface area contributed by atoms with Gasteiger partial charge in [0.1, 0.15) is 0 Å². The maximum atomic E-state index is 11.9. The van der Waals surface area contributed by atoms with Crippen molar-refractivity contribution in [2.75, 3.05) is 0 Å². The molecule has 2 aromatic rings. The van der Waals surface area contributed by atoms with Crippen LogP contribution in [0.25, 0.3) is 0 Å². The number of rotatable bonds is 4. The van der Waals surface area contributed by atoms with Crippen molar-refractivity contribution in [1.82, 2.24) is 4.57 Å². The van der Waals surface area contributed by atoms with Crippen LogP contribution in [0.15, 0.2) is 51.9 Å². The number of halogens is 1. The number of pyridine rings is 1. The summed E-state index contributed by atoms with van der Waals surface area (Å²) >= 11 is 3.34. The first-order chi connectivity index (χ1) is 9.95. The molecule has 0 aliphatic heterocycles. The zero-order valence-electron chi connectivity index (χ0n) is 11.9. The Balaban J connectivity index is 2.23. The van der Waals surface area contributed by atoms with Gasteiger partial charge in [0.05, 0.1) is 18.2 Å². The molecule has 0 unspecified atom stereocenters. The van der Waals surface area contributed by atoms with Crippen molar-refractivity contribution in [3.63, 3.8) is 0 Å². The molecule has 110 valence electrons. The maximum absolute atomic E-state index is 11.9. The van der Waals surface area contributed by atoms with Crippen LogP contribution in [0.1, 0.15) is 29.8 Å². The lowest BCUT2D eigenvalue weighted by Gasteiger charge is -2.10. The van der Waals surface area contributed by atoms with Crippen LogP contribution < -0.4 is 5.56 Å². The van der Waals surface area contributed by atoms with Gasteiger partial charge in [-0.3, -0.25) is 4.79 Å². The van der Waals surface area contributed by atoms with Gasteiger partial charge in [-0.15, -0.1) is 0 Å². The molecule has 0 aliphatic rings. The maximum Gasteiger partial charge on any atom is 0.338 e. The molecular formula is C16H16BrNO3. The Hall–Kier alpha value is -1.88. The van der Waals surface area contributed by atoms with Crippen molar-refractivity contribution < 1.29 is 9.53 Å². The van der Waals surface area contributed by atoms with Crippen LogP contribution >= 0.6 is 15.9 Å². The van der Waals surface area contributed by atoms with E-state index in [0.717, 1.165) is 10.0 Å². The lowest BCUT2D eigenvalue weighted by molar-refractivity contribution is 0.0378. The van der Waals surface area contributed by atoms with E-state index in [-0.39, 0.29) is 17.6 Å². The molecular weight excluding hydrogens is 334 g/mol. The van der Waals surface area contributed by atoms with Crippen molar-refractivity contribution in [2.24, 2.45) is 0 Å². The van der Waals surface area contributed by atoms with Crippen LogP contribution in [-0.2, 0) is 11.3 Å². The molecule has 21 heavy (non-hydrogen) atoms. The standard InChI is InChI=1S/C16H16BrNO3/c1-11(2)21-16(20)13-5-3-4-12(8-13)9-18-10-14(17)6-7-15(18)19/h3-8,10-11H,9H2,1-2H3. The Kier molecular flexibility index (Phi) is 4.96.